The van der Waals surface area contributed by atoms with Crippen molar-refractivity contribution in [2.75, 3.05) is 0 Å². The second kappa shape index (κ2) is 5.55. The van der Waals surface area contributed by atoms with Gasteiger partial charge in [0, 0.05) is 10.6 Å². The highest BCUT2D eigenvalue weighted by atomic mass is 79.9. The van der Waals surface area contributed by atoms with Crippen LogP contribution in [0.25, 0.3) is 0 Å². The van der Waals surface area contributed by atoms with Crippen molar-refractivity contribution in [3.63, 3.8) is 0 Å². The van der Waals surface area contributed by atoms with Crippen LogP contribution in [0.3, 0.4) is 0 Å². The summed E-state index contributed by atoms with van der Waals surface area (Å²) in [5.74, 6) is 1.37. The summed E-state index contributed by atoms with van der Waals surface area (Å²) >= 11 is 9.18. The maximum Gasteiger partial charge on any atom is 0.159 e. The highest BCUT2D eigenvalue weighted by Crippen LogP contribution is 2.31. The first-order valence-electron chi connectivity index (χ1n) is 5.30. The second-order valence-corrected chi connectivity index (χ2v) is 5.05. The van der Waals surface area contributed by atoms with Gasteiger partial charge >= 0.3 is 0 Å². The summed E-state index contributed by atoms with van der Waals surface area (Å²) in [5.41, 5.74) is 0.644. The van der Waals surface area contributed by atoms with Crippen molar-refractivity contribution < 1.29 is 9.53 Å². The number of carbonyl (C=O) groups is 1. The van der Waals surface area contributed by atoms with Crippen LogP contribution in [0.1, 0.15) is 17.3 Å². The van der Waals surface area contributed by atoms with Gasteiger partial charge in [-0.05, 0) is 65.3 Å². The molecule has 2 aromatic carbocycles. The second-order valence-electron chi connectivity index (χ2n) is 3.76. The summed E-state index contributed by atoms with van der Waals surface area (Å²) < 4.78 is 6.42. The third-order valence-electron chi connectivity index (χ3n) is 2.38. The molecular formula is C14H10BrClO2. The number of hydrogen-bond acceptors (Lipinski definition) is 2. The zero-order valence-electron chi connectivity index (χ0n) is 9.61. The highest BCUT2D eigenvalue weighted by molar-refractivity contribution is 9.10. The maximum atomic E-state index is 11.2. The van der Waals surface area contributed by atoms with Crippen molar-refractivity contribution in [2.45, 2.75) is 6.92 Å². The van der Waals surface area contributed by atoms with Crippen LogP contribution in [-0.4, -0.2) is 5.78 Å². The van der Waals surface area contributed by atoms with Crippen LogP contribution in [0.4, 0.5) is 0 Å². The van der Waals surface area contributed by atoms with Crippen molar-refractivity contribution in [3.05, 3.63) is 57.5 Å². The lowest BCUT2D eigenvalue weighted by atomic mass is 10.1. The Morgan fingerprint density at radius 2 is 1.83 bits per heavy atom. The minimum Gasteiger partial charge on any atom is -0.456 e. The minimum absolute atomic E-state index is 0.0220. The summed E-state index contributed by atoms with van der Waals surface area (Å²) in [6, 6.07) is 12.3. The van der Waals surface area contributed by atoms with Crippen LogP contribution in [0.15, 0.2) is 46.9 Å². The van der Waals surface area contributed by atoms with E-state index in [0.717, 1.165) is 4.47 Å². The molecule has 0 N–H and O–H groups in total. The molecule has 0 aromatic heterocycles. The first kappa shape index (κ1) is 13.1. The Bertz CT molecular complexity index is 579. The predicted octanol–water partition coefficient (Wildman–Crippen LogP) is 5.10. The fourth-order valence-corrected chi connectivity index (χ4v) is 2.02. The Hall–Kier alpha value is -1.32. The van der Waals surface area contributed by atoms with Gasteiger partial charge in [-0.3, -0.25) is 4.79 Å². The lowest BCUT2D eigenvalue weighted by Gasteiger charge is -2.08. The molecule has 18 heavy (non-hydrogen) atoms. The molecular weight excluding hydrogens is 316 g/mol. The maximum absolute atomic E-state index is 11.2. The lowest BCUT2D eigenvalue weighted by Crippen LogP contribution is -1.93. The van der Waals surface area contributed by atoms with Crippen molar-refractivity contribution in [1.29, 1.82) is 0 Å². The Kier molecular flexibility index (Phi) is 4.04. The van der Waals surface area contributed by atoms with Crippen LogP contribution >= 0.6 is 27.5 Å². The normalized spacial score (nSPS) is 10.2. The van der Waals surface area contributed by atoms with E-state index in [4.69, 9.17) is 16.3 Å². The number of rotatable bonds is 3. The zero-order chi connectivity index (χ0) is 13.1. The van der Waals surface area contributed by atoms with E-state index in [9.17, 15) is 4.79 Å². The molecule has 4 heteroatoms. The van der Waals surface area contributed by atoms with Gasteiger partial charge in [-0.2, -0.15) is 0 Å². The molecule has 0 fully saturated rings. The smallest absolute Gasteiger partial charge is 0.159 e. The molecule has 2 nitrogen and oxygen atoms in total. The van der Waals surface area contributed by atoms with E-state index in [1.54, 1.807) is 42.5 Å². The molecule has 0 aliphatic rings. The van der Waals surface area contributed by atoms with E-state index in [1.165, 1.54) is 6.92 Å². The highest BCUT2D eigenvalue weighted by Gasteiger charge is 2.06. The lowest BCUT2D eigenvalue weighted by molar-refractivity contribution is 0.101. The predicted molar refractivity (Wildman–Crippen MR) is 75.7 cm³/mol. The quantitative estimate of drug-likeness (QED) is 0.734. The van der Waals surface area contributed by atoms with E-state index in [1.807, 2.05) is 0 Å². The van der Waals surface area contributed by atoms with Gasteiger partial charge in [0.05, 0.1) is 4.47 Å². The summed E-state index contributed by atoms with van der Waals surface area (Å²) in [5, 5.41) is 0.661. The molecule has 0 amide bonds. The molecule has 0 aliphatic heterocycles. The Morgan fingerprint density at radius 1 is 1.17 bits per heavy atom. The third-order valence-corrected chi connectivity index (χ3v) is 3.25. The Morgan fingerprint density at radius 3 is 2.39 bits per heavy atom. The van der Waals surface area contributed by atoms with Gasteiger partial charge in [0.25, 0.3) is 0 Å². The fraction of sp³-hybridized carbons (Fsp3) is 0.0714. The van der Waals surface area contributed by atoms with Gasteiger partial charge in [0.15, 0.2) is 5.78 Å². The summed E-state index contributed by atoms with van der Waals surface area (Å²) in [6.07, 6.45) is 0. The molecule has 0 heterocycles. The SMILES string of the molecule is CC(=O)c1ccc(Oc2ccc(Cl)cc2)c(Br)c1. The number of ketones is 1. The van der Waals surface area contributed by atoms with Crippen molar-refractivity contribution in [3.8, 4) is 11.5 Å². The van der Waals surface area contributed by atoms with Crippen LogP contribution in [0.2, 0.25) is 5.02 Å². The van der Waals surface area contributed by atoms with E-state index in [0.29, 0.717) is 22.1 Å². The molecule has 0 aliphatic carbocycles. The van der Waals surface area contributed by atoms with Gasteiger partial charge in [-0.25, -0.2) is 0 Å². The average Bonchev–Trinajstić information content (AvgIpc) is 2.34. The molecule has 2 aromatic rings. The molecule has 0 saturated carbocycles. The monoisotopic (exact) mass is 324 g/mol. The van der Waals surface area contributed by atoms with Crippen molar-refractivity contribution in [1.82, 2.24) is 0 Å². The van der Waals surface area contributed by atoms with E-state index >= 15 is 0 Å². The molecule has 0 saturated heterocycles. The van der Waals surface area contributed by atoms with Crippen LogP contribution in [-0.2, 0) is 0 Å². The fourth-order valence-electron chi connectivity index (χ4n) is 1.43. The summed E-state index contributed by atoms with van der Waals surface area (Å²) in [4.78, 5) is 11.2. The minimum atomic E-state index is 0.0220. The summed E-state index contributed by atoms with van der Waals surface area (Å²) in [6.45, 7) is 1.53. The third kappa shape index (κ3) is 3.12. The first-order valence-corrected chi connectivity index (χ1v) is 6.47. The Balaban J connectivity index is 2.24. The number of benzene rings is 2. The van der Waals surface area contributed by atoms with Gasteiger partial charge in [-0.15, -0.1) is 0 Å². The van der Waals surface area contributed by atoms with Crippen molar-refractivity contribution >= 4 is 33.3 Å². The van der Waals surface area contributed by atoms with E-state index in [-0.39, 0.29) is 5.78 Å². The molecule has 0 radical (unpaired) electrons. The molecule has 0 bridgehead atoms. The number of halogens is 2. The molecule has 0 atom stereocenters. The number of hydrogen-bond donors (Lipinski definition) is 0. The molecule has 0 unspecified atom stereocenters. The number of ether oxygens (including phenoxy) is 1. The van der Waals surface area contributed by atoms with Crippen molar-refractivity contribution in [2.24, 2.45) is 0 Å². The van der Waals surface area contributed by atoms with Gasteiger partial charge in [-0.1, -0.05) is 11.6 Å². The number of Topliss-reactive ketones (excluding diaryl/α,β-unsaturated/α-hetero) is 1. The van der Waals surface area contributed by atoms with Crippen LogP contribution < -0.4 is 4.74 Å². The average molecular weight is 326 g/mol. The molecule has 0 spiro atoms. The van der Waals surface area contributed by atoms with Gasteiger partial charge in [0.2, 0.25) is 0 Å². The summed E-state index contributed by atoms with van der Waals surface area (Å²) in [7, 11) is 0. The number of carbonyl (C=O) groups excluding carboxylic acids is 1. The van der Waals surface area contributed by atoms with Crippen LogP contribution in [0.5, 0.6) is 11.5 Å². The standard InChI is InChI=1S/C14H10BrClO2/c1-9(17)10-2-7-14(13(15)8-10)18-12-5-3-11(16)4-6-12/h2-8H,1H3. The molecule has 2 rings (SSSR count). The van der Waals surface area contributed by atoms with Gasteiger partial charge in [0.1, 0.15) is 11.5 Å². The van der Waals surface area contributed by atoms with E-state index < -0.39 is 0 Å². The van der Waals surface area contributed by atoms with Crippen LogP contribution in [0, 0.1) is 0 Å². The van der Waals surface area contributed by atoms with Gasteiger partial charge < -0.3 is 4.74 Å². The first-order chi connectivity index (χ1) is 8.56. The topological polar surface area (TPSA) is 26.3 Å². The zero-order valence-corrected chi connectivity index (χ0v) is 12.0. The molecule has 92 valence electrons. The Labute approximate surface area is 119 Å². The largest absolute Gasteiger partial charge is 0.456 e. The van der Waals surface area contributed by atoms with E-state index in [2.05, 4.69) is 15.9 Å².